The molecule has 2 heterocycles. The molecule has 0 aromatic heterocycles. The Bertz CT molecular complexity index is 1060. The number of carbonyl (C=O) groups is 3. The minimum absolute atomic E-state index is 0.0559. The van der Waals surface area contributed by atoms with Crippen molar-refractivity contribution in [2.24, 2.45) is 5.73 Å². The van der Waals surface area contributed by atoms with E-state index in [0.29, 0.717) is 48.5 Å². The van der Waals surface area contributed by atoms with Gasteiger partial charge < -0.3 is 16.0 Å². The van der Waals surface area contributed by atoms with Crippen molar-refractivity contribution in [1.82, 2.24) is 10.2 Å². The van der Waals surface area contributed by atoms with Gasteiger partial charge in [-0.05, 0) is 54.2 Å². The van der Waals surface area contributed by atoms with Gasteiger partial charge in [0.15, 0.2) is 5.78 Å². The number of piperidine rings is 1. The Labute approximate surface area is 186 Å². The number of hydrogen-bond acceptors (Lipinski definition) is 4. The Morgan fingerprint density at radius 2 is 1.97 bits per heavy atom. The van der Waals surface area contributed by atoms with Crippen LogP contribution in [0.1, 0.15) is 52.4 Å². The first-order valence-electron chi connectivity index (χ1n) is 10.3. The number of nitrogens with one attached hydrogen (secondary N) is 1. The van der Waals surface area contributed by atoms with Crippen molar-refractivity contribution in [3.8, 4) is 0 Å². The predicted molar refractivity (Wildman–Crippen MR) is 118 cm³/mol. The molecule has 2 aromatic rings. The molecular formula is C24H24ClN3O3. The van der Waals surface area contributed by atoms with Crippen LogP contribution < -0.4 is 11.1 Å². The van der Waals surface area contributed by atoms with Crippen LogP contribution >= 0.6 is 11.6 Å². The second-order valence-electron chi connectivity index (χ2n) is 8.07. The van der Waals surface area contributed by atoms with E-state index in [1.54, 1.807) is 35.2 Å². The normalized spacial score (nSPS) is 19.2. The van der Waals surface area contributed by atoms with Crippen LogP contribution in [0, 0.1) is 0 Å². The molecule has 2 aliphatic rings. The molecule has 6 nitrogen and oxygen atoms in total. The van der Waals surface area contributed by atoms with Crippen molar-refractivity contribution in [1.29, 1.82) is 0 Å². The summed E-state index contributed by atoms with van der Waals surface area (Å²) in [5, 5.41) is 3.34. The minimum atomic E-state index is -0.691. The number of Topliss-reactive ketones (excluding diaryl/α,β-unsaturated/α-hetero) is 1. The average molecular weight is 438 g/mol. The summed E-state index contributed by atoms with van der Waals surface area (Å²) in [6.45, 7) is 4.18. The lowest BCUT2D eigenvalue weighted by Crippen LogP contribution is -2.49. The Morgan fingerprint density at radius 3 is 2.68 bits per heavy atom. The molecule has 1 fully saturated rings. The van der Waals surface area contributed by atoms with Crippen molar-refractivity contribution in [3.63, 3.8) is 0 Å². The third-order valence-corrected chi connectivity index (χ3v) is 6.19. The molecule has 2 aliphatic heterocycles. The topological polar surface area (TPSA) is 92.5 Å². The van der Waals surface area contributed by atoms with Gasteiger partial charge in [0.1, 0.15) is 6.04 Å². The molecule has 4 rings (SSSR count). The van der Waals surface area contributed by atoms with Gasteiger partial charge in [0.2, 0.25) is 5.91 Å². The van der Waals surface area contributed by atoms with E-state index >= 15 is 0 Å². The van der Waals surface area contributed by atoms with Gasteiger partial charge in [-0.2, -0.15) is 0 Å². The molecule has 0 aliphatic carbocycles. The molecule has 7 heteroatoms. The summed E-state index contributed by atoms with van der Waals surface area (Å²) in [5.41, 5.74) is 9.98. The standard InChI is InChI=1S/C24H24ClN3O3/c1-14-2-10-20(23(30)27-14)28-13-17-12-15(3-9-19(17)24(28)31)4-11-21(29)22(26)16-5-7-18(25)8-6-16/h3,5-9,12,20,22H,1-2,4,10-11,13,26H2,(H,27,30). The number of carbonyl (C=O) groups excluding carboxylic acids is 3. The zero-order valence-electron chi connectivity index (χ0n) is 17.1. The Kier molecular flexibility index (Phi) is 5.94. The van der Waals surface area contributed by atoms with Gasteiger partial charge in [0, 0.05) is 29.2 Å². The van der Waals surface area contributed by atoms with E-state index in [4.69, 9.17) is 17.3 Å². The highest BCUT2D eigenvalue weighted by molar-refractivity contribution is 6.30. The molecule has 2 aromatic carbocycles. The van der Waals surface area contributed by atoms with Gasteiger partial charge in [0.25, 0.3) is 5.91 Å². The monoisotopic (exact) mass is 437 g/mol. The Hall–Kier alpha value is -2.96. The number of halogens is 1. The lowest BCUT2D eigenvalue weighted by Gasteiger charge is -2.30. The number of amides is 2. The molecule has 2 atom stereocenters. The van der Waals surface area contributed by atoms with Crippen LogP contribution in [0.4, 0.5) is 0 Å². The lowest BCUT2D eigenvalue weighted by molar-refractivity contribution is -0.126. The predicted octanol–water partition coefficient (Wildman–Crippen LogP) is 3.29. The van der Waals surface area contributed by atoms with E-state index in [0.717, 1.165) is 16.7 Å². The quantitative estimate of drug-likeness (QED) is 0.725. The SMILES string of the molecule is C=C1CCC(N2Cc3cc(CCC(=O)C(N)c4ccc(Cl)cc4)ccc3C2=O)C(=O)N1. The zero-order chi connectivity index (χ0) is 22.1. The molecule has 0 bridgehead atoms. The van der Waals surface area contributed by atoms with E-state index in [9.17, 15) is 14.4 Å². The molecule has 2 unspecified atom stereocenters. The maximum absolute atomic E-state index is 12.8. The summed E-state index contributed by atoms with van der Waals surface area (Å²) >= 11 is 5.89. The fourth-order valence-electron chi connectivity index (χ4n) is 4.14. The number of allylic oxidation sites excluding steroid dienone is 1. The number of aryl methyl sites for hydroxylation is 1. The van der Waals surface area contributed by atoms with Crippen LogP contribution in [-0.4, -0.2) is 28.5 Å². The highest BCUT2D eigenvalue weighted by Gasteiger charge is 2.38. The van der Waals surface area contributed by atoms with Gasteiger partial charge in [-0.3, -0.25) is 14.4 Å². The lowest BCUT2D eigenvalue weighted by atomic mass is 9.97. The first-order valence-corrected chi connectivity index (χ1v) is 10.7. The van der Waals surface area contributed by atoms with Crippen LogP contribution in [0.25, 0.3) is 0 Å². The van der Waals surface area contributed by atoms with Gasteiger partial charge in [-0.25, -0.2) is 0 Å². The van der Waals surface area contributed by atoms with Crippen molar-refractivity contribution >= 4 is 29.2 Å². The molecule has 160 valence electrons. The number of benzene rings is 2. The maximum atomic E-state index is 12.8. The highest BCUT2D eigenvalue weighted by atomic mass is 35.5. The molecule has 31 heavy (non-hydrogen) atoms. The van der Waals surface area contributed by atoms with E-state index < -0.39 is 12.1 Å². The van der Waals surface area contributed by atoms with Gasteiger partial charge >= 0.3 is 0 Å². The number of fused-ring (bicyclic) bond motifs is 1. The van der Waals surface area contributed by atoms with Crippen molar-refractivity contribution in [2.45, 2.75) is 44.3 Å². The van der Waals surface area contributed by atoms with Crippen LogP contribution in [0.2, 0.25) is 5.02 Å². The Balaban J connectivity index is 1.40. The van der Waals surface area contributed by atoms with Crippen LogP contribution in [0.15, 0.2) is 54.7 Å². The summed E-state index contributed by atoms with van der Waals surface area (Å²) in [6, 6.07) is 11.4. The fraction of sp³-hybridized carbons (Fsp3) is 0.292. The van der Waals surface area contributed by atoms with Crippen molar-refractivity contribution < 1.29 is 14.4 Å². The van der Waals surface area contributed by atoms with E-state index in [2.05, 4.69) is 11.9 Å². The van der Waals surface area contributed by atoms with Gasteiger partial charge in [-0.15, -0.1) is 0 Å². The van der Waals surface area contributed by atoms with Crippen molar-refractivity contribution in [2.75, 3.05) is 0 Å². The molecule has 3 N–H and O–H groups in total. The number of nitrogens with two attached hydrogens (primary N) is 1. The number of hydrogen-bond donors (Lipinski definition) is 2. The fourth-order valence-corrected chi connectivity index (χ4v) is 4.27. The molecule has 0 spiro atoms. The van der Waals surface area contributed by atoms with Crippen LogP contribution in [0.5, 0.6) is 0 Å². The number of ketones is 1. The Morgan fingerprint density at radius 1 is 1.23 bits per heavy atom. The highest BCUT2D eigenvalue weighted by Crippen LogP contribution is 2.29. The molecule has 0 saturated carbocycles. The summed E-state index contributed by atoms with van der Waals surface area (Å²) in [4.78, 5) is 39.3. The van der Waals surface area contributed by atoms with E-state index in [-0.39, 0.29) is 17.6 Å². The second kappa shape index (κ2) is 8.65. The third-order valence-electron chi connectivity index (χ3n) is 5.94. The third kappa shape index (κ3) is 4.40. The average Bonchev–Trinajstić information content (AvgIpc) is 3.07. The molecule has 0 radical (unpaired) electrons. The first kappa shape index (κ1) is 21.3. The summed E-state index contributed by atoms with van der Waals surface area (Å²) < 4.78 is 0. The van der Waals surface area contributed by atoms with E-state index in [1.807, 2.05) is 12.1 Å². The summed E-state index contributed by atoms with van der Waals surface area (Å²) in [5.74, 6) is -0.367. The largest absolute Gasteiger partial charge is 0.329 e. The zero-order valence-corrected chi connectivity index (χ0v) is 17.8. The second-order valence-corrected chi connectivity index (χ2v) is 8.50. The summed E-state index contributed by atoms with van der Waals surface area (Å²) in [7, 11) is 0. The van der Waals surface area contributed by atoms with Gasteiger partial charge in [-0.1, -0.05) is 42.4 Å². The number of rotatable bonds is 6. The van der Waals surface area contributed by atoms with Gasteiger partial charge in [0.05, 0.1) is 6.04 Å². The number of nitrogens with zero attached hydrogens (tertiary/aromatic N) is 1. The first-order chi connectivity index (χ1) is 14.8. The maximum Gasteiger partial charge on any atom is 0.255 e. The van der Waals surface area contributed by atoms with Crippen molar-refractivity contribution in [3.05, 3.63) is 82.0 Å². The van der Waals surface area contributed by atoms with E-state index in [1.165, 1.54) is 0 Å². The molecule has 2 amide bonds. The smallest absolute Gasteiger partial charge is 0.255 e. The van der Waals surface area contributed by atoms with Crippen LogP contribution in [-0.2, 0) is 22.6 Å². The summed E-state index contributed by atoms with van der Waals surface area (Å²) in [6.07, 6.45) is 2.07. The molecular weight excluding hydrogens is 414 g/mol. The minimum Gasteiger partial charge on any atom is -0.329 e. The molecule has 1 saturated heterocycles. The van der Waals surface area contributed by atoms with Crippen LogP contribution in [0.3, 0.4) is 0 Å².